The number of rotatable bonds is 3. The van der Waals surface area contributed by atoms with Crippen LogP contribution in [0.2, 0.25) is 0 Å². The second-order valence-electron chi connectivity index (χ2n) is 5.58. The van der Waals surface area contributed by atoms with Gasteiger partial charge in [-0.05, 0) is 24.3 Å². The van der Waals surface area contributed by atoms with Crippen LogP contribution in [-0.4, -0.2) is 6.04 Å². The monoisotopic (exact) mass is 248 g/mol. The highest BCUT2D eigenvalue weighted by molar-refractivity contribution is 7.10. The van der Waals surface area contributed by atoms with E-state index in [0.29, 0.717) is 11.5 Å². The number of nitrogens with zero attached hydrogens (tertiary/aromatic N) is 1. The van der Waals surface area contributed by atoms with E-state index in [1.807, 2.05) is 11.4 Å². The Morgan fingerprint density at radius 1 is 1.53 bits per heavy atom. The lowest BCUT2D eigenvalue weighted by Gasteiger charge is -2.39. The molecular weight excluding hydrogens is 228 g/mol. The minimum atomic E-state index is 0.410. The highest BCUT2D eigenvalue weighted by Crippen LogP contribution is 2.35. The van der Waals surface area contributed by atoms with Crippen LogP contribution in [-0.2, 0) is 6.54 Å². The molecule has 0 aliphatic heterocycles. The van der Waals surface area contributed by atoms with Gasteiger partial charge in [0.15, 0.2) is 0 Å². The molecule has 1 N–H and O–H groups in total. The lowest BCUT2D eigenvalue weighted by molar-refractivity contribution is 0.167. The molecule has 17 heavy (non-hydrogen) atoms. The third-order valence-corrected chi connectivity index (χ3v) is 4.75. The molecular formula is C14H20N2S. The van der Waals surface area contributed by atoms with Gasteiger partial charge in [-0.1, -0.05) is 26.7 Å². The van der Waals surface area contributed by atoms with E-state index < -0.39 is 0 Å². The van der Waals surface area contributed by atoms with Gasteiger partial charge in [-0.2, -0.15) is 5.26 Å². The molecule has 1 heterocycles. The summed E-state index contributed by atoms with van der Waals surface area (Å²) >= 11 is 1.68. The molecule has 0 saturated heterocycles. The lowest BCUT2D eigenvalue weighted by Crippen LogP contribution is -2.43. The van der Waals surface area contributed by atoms with Gasteiger partial charge in [-0.15, -0.1) is 11.3 Å². The fraction of sp³-hybridized carbons (Fsp3) is 0.643. The Labute approximate surface area is 108 Å². The van der Waals surface area contributed by atoms with Gasteiger partial charge in [0.25, 0.3) is 0 Å². The van der Waals surface area contributed by atoms with E-state index >= 15 is 0 Å². The second-order valence-corrected chi connectivity index (χ2v) is 6.58. The molecule has 92 valence electrons. The molecule has 1 atom stereocenters. The number of hydrogen-bond acceptors (Lipinski definition) is 3. The first-order valence-corrected chi connectivity index (χ1v) is 7.21. The molecule has 0 bridgehead atoms. The summed E-state index contributed by atoms with van der Waals surface area (Å²) < 4.78 is 0. The number of nitrogens with one attached hydrogen (secondary N) is 1. The maximum absolute atomic E-state index is 8.79. The van der Waals surface area contributed by atoms with Gasteiger partial charge in [0.1, 0.15) is 6.07 Å². The Bertz CT molecular complexity index is 414. The van der Waals surface area contributed by atoms with Crippen LogP contribution < -0.4 is 5.32 Å². The first kappa shape index (κ1) is 12.6. The maximum atomic E-state index is 8.79. The predicted octanol–water partition coefficient (Wildman–Crippen LogP) is 3.68. The standard InChI is InChI=1S/C14H20N2S/c1-14(2)6-4-3-5-13(14)16-9-12-7-11(8-15)10-17-12/h7,10,13,16H,3-6,9H2,1-2H3. The van der Waals surface area contributed by atoms with E-state index in [9.17, 15) is 0 Å². The van der Waals surface area contributed by atoms with Crippen molar-refractivity contribution < 1.29 is 0 Å². The van der Waals surface area contributed by atoms with E-state index in [1.165, 1.54) is 30.6 Å². The predicted molar refractivity (Wildman–Crippen MR) is 71.9 cm³/mol. The summed E-state index contributed by atoms with van der Waals surface area (Å²) in [5.41, 5.74) is 1.20. The van der Waals surface area contributed by atoms with E-state index in [2.05, 4.69) is 25.2 Å². The topological polar surface area (TPSA) is 35.8 Å². The molecule has 0 amide bonds. The highest BCUT2D eigenvalue weighted by atomic mass is 32.1. The summed E-state index contributed by atoms with van der Waals surface area (Å²) in [7, 11) is 0. The summed E-state index contributed by atoms with van der Waals surface area (Å²) in [6.07, 6.45) is 5.31. The van der Waals surface area contributed by atoms with Crippen molar-refractivity contribution in [2.75, 3.05) is 0 Å². The van der Waals surface area contributed by atoms with E-state index in [1.54, 1.807) is 11.3 Å². The summed E-state index contributed by atoms with van der Waals surface area (Å²) in [5, 5.41) is 14.4. The van der Waals surface area contributed by atoms with Gasteiger partial charge >= 0.3 is 0 Å². The average Bonchev–Trinajstić information content (AvgIpc) is 2.75. The third-order valence-electron chi connectivity index (χ3n) is 3.81. The fourth-order valence-corrected chi connectivity index (χ4v) is 3.39. The first-order chi connectivity index (χ1) is 8.12. The van der Waals surface area contributed by atoms with Crippen molar-refractivity contribution in [2.24, 2.45) is 5.41 Å². The van der Waals surface area contributed by atoms with Gasteiger partial charge in [0, 0.05) is 22.8 Å². The Kier molecular flexibility index (Phi) is 3.86. The quantitative estimate of drug-likeness (QED) is 0.885. The first-order valence-electron chi connectivity index (χ1n) is 6.33. The Hall–Kier alpha value is -0.850. The van der Waals surface area contributed by atoms with Gasteiger partial charge in [0.2, 0.25) is 0 Å². The molecule has 2 nitrogen and oxygen atoms in total. The Morgan fingerprint density at radius 2 is 2.35 bits per heavy atom. The van der Waals surface area contributed by atoms with Crippen molar-refractivity contribution >= 4 is 11.3 Å². The molecule has 0 spiro atoms. The van der Waals surface area contributed by atoms with Gasteiger partial charge in [-0.3, -0.25) is 0 Å². The van der Waals surface area contributed by atoms with Crippen molar-refractivity contribution in [1.29, 1.82) is 5.26 Å². The number of hydrogen-bond donors (Lipinski definition) is 1. The van der Waals surface area contributed by atoms with Crippen LogP contribution in [0.5, 0.6) is 0 Å². The van der Waals surface area contributed by atoms with Crippen molar-refractivity contribution in [1.82, 2.24) is 5.32 Å². The molecule has 1 aromatic heterocycles. The van der Waals surface area contributed by atoms with Crippen LogP contribution in [0, 0.1) is 16.7 Å². The van der Waals surface area contributed by atoms with Crippen molar-refractivity contribution in [3.63, 3.8) is 0 Å². The van der Waals surface area contributed by atoms with Crippen molar-refractivity contribution in [3.8, 4) is 6.07 Å². The lowest BCUT2D eigenvalue weighted by atomic mass is 9.73. The smallest absolute Gasteiger partial charge is 0.100 e. The summed E-state index contributed by atoms with van der Waals surface area (Å²) in [4.78, 5) is 1.27. The van der Waals surface area contributed by atoms with E-state index in [-0.39, 0.29) is 0 Å². The second kappa shape index (κ2) is 5.20. The fourth-order valence-electron chi connectivity index (χ4n) is 2.63. The van der Waals surface area contributed by atoms with E-state index in [4.69, 9.17) is 5.26 Å². The van der Waals surface area contributed by atoms with Crippen LogP contribution in [0.1, 0.15) is 50.0 Å². The average molecular weight is 248 g/mol. The van der Waals surface area contributed by atoms with E-state index in [0.717, 1.165) is 12.1 Å². The zero-order valence-corrected chi connectivity index (χ0v) is 11.4. The zero-order valence-electron chi connectivity index (χ0n) is 10.6. The van der Waals surface area contributed by atoms with Crippen molar-refractivity contribution in [3.05, 3.63) is 21.9 Å². The van der Waals surface area contributed by atoms with Gasteiger partial charge in [-0.25, -0.2) is 0 Å². The molecule has 1 fully saturated rings. The molecule has 1 aliphatic rings. The van der Waals surface area contributed by atoms with Gasteiger partial charge in [0.05, 0.1) is 5.56 Å². The SMILES string of the molecule is CC1(C)CCCCC1NCc1cc(C#N)cs1. The molecule has 0 radical (unpaired) electrons. The molecule has 1 saturated carbocycles. The van der Waals surface area contributed by atoms with Crippen LogP contribution in [0.15, 0.2) is 11.4 Å². The number of nitriles is 1. The Balaban J connectivity index is 1.91. The summed E-state index contributed by atoms with van der Waals surface area (Å²) in [5.74, 6) is 0. The minimum absolute atomic E-state index is 0.410. The van der Waals surface area contributed by atoms with Crippen LogP contribution in [0.4, 0.5) is 0 Å². The normalized spacial score (nSPS) is 23.2. The number of thiophene rings is 1. The molecule has 0 aromatic carbocycles. The molecule has 1 aromatic rings. The molecule has 3 heteroatoms. The Morgan fingerprint density at radius 3 is 3.00 bits per heavy atom. The van der Waals surface area contributed by atoms with Crippen molar-refractivity contribution in [2.45, 2.75) is 52.1 Å². The highest BCUT2D eigenvalue weighted by Gasteiger charge is 2.31. The van der Waals surface area contributed by atoms with Crippen LogP contribution >= 0.6 is 11.3 Å². The molecule has 2 rings (SSSR count). The minimum Gasteiger partial charge on any atom is -0.309 e. The summed E-state index contributed by atoms with van der Waals surface area (Å²) in [6, 6.07) is 4.79. The van der Waals surface area contributed by atoms with Gasteiger partial charge < -0.3 is 5.32 Å². The van der Waals surface area contributed by atoms with Crippen LogP contribution in [0.3, 0.4) is 0 Å². The largest absolute Gasteiger partial charge is 0.309 e. The molecule has 1 aliphatic carbocycles. The van der Waals surface area contributed by atoms with Crippen LogP contribution in [0.25, 0.3) is 0 Å². The zero-order chi connectivity index (χ0) is 12.3. The molecule has 1 unspecified atom stereocenters. The third kappa shape index (κ3) is 3.08. The summed E-state index contributed by atoms with van der Waals surface area (Å²) in [6.45, 7) is 5.62. The maximum Gasteiger partial charge on any atom is 0.100 e.